The number of rotatable bonds is 3. The average molecular weight is 506 g/mol. The van der Waals surface area contributed by atoms with Crippen molar-refractivity contribution < 1.29 is 60.0 Å². The van der Waals surface area contributed by atoms with E-state index in [1.165, 1.54) is 5.92 Å². The second-order valence-corrected chi connectivity index (χ2v) is 6.42. The van der Waals surface area contributed by atoms with Gasteiger partial charge >= 0.3 is 24.5 Å². The van der Waals surface area contributed by atoms with Crippen LogP contribution in [0.2, 0.25) is 5.02 Å². The summed E-state index contributed by atoms with van der Waals surface area (Å²) >= 11 is 5.28. The first-order chi connectivity index (χ1) is 14.9. The monoisotopic (exact) mass is 505 g/mol. The number of hydrogen-bond acceptors (Lipinski definition) is 5. The quantitative estimate of drug-likeness (QED) is 0.251. The lowest BCUT2D eigenvalue weighted by atomic mass is 10.0. The lowest BCUT2D eigenvalue weighted by Crippen LogP contribution is -2.54. The number of halogens is 9. The highest BCUT2D eigenvalue weighted by Crippen LogP contribution is 2.43. The van der Waals surface area contributed by atoms with Gasteiger partial charge in [0.15, 0.2) is 11.6 Å². The van der Waals surface area contributed by atoms with Crippen LogP contribution >= 0.6 is 11.6 Å². The molecule has 0 radical (unpaired) electrons. The molecule has 3 N–H and O–H groups in total. The summed E-state index contributed by atoms with van der Waals surface area (Å²) in [6.45, 7) is 0. The normalized spacial score (nSPS) is 12.3. The number of aliphatic hydroxyl groups is 3. The maximum atomic E-state index is 14.2. The Balaban J connectivity index is 2.71. The summed E-state index contributed by atoms with van der Waals surface area (Å²) in [6.07, 6.45) is -12.7. The molecule has 0 heterocycles. The SMILES string of the molecule is C#Cc1cc(C(F)(F)F)cc(C(F)(F)F)c1OC(=O)N(c1ccc(F)c(Cl)c1F)C(O)(O)O. The molecule has 0 fully saturated rings. The molecule has 33 heavy (non-hydrogen) atoms. The molecule has 2 aromatic carbocycles. The van der Waals surface area contributed by atoms with Gasteiger partial charge in [0.25, 0.3) is 0 Å². The van der Waals surface area contributed by atoms with E-state index in [9.17, 15) is 55.2 Å². The maximum absolute atomic E-state index is 14.2. The van der Waals surface area contributed by atoms with E-state index in [0.29, 0.717) is 12.1 Å². The Kier molecular flexibility index (Phi) is 6.87. The average Bonchev–Trinajstić information content (AvgIpc) is 2.65. The number of carbonyl (C=O) groups excluding carboxylic acids is 1. The number of hydrogen-bond donors (Lipinski definition) is 3. The van der Waals surface area contributed by atoms with Crippen LogP contribution in [0.3, 0.4) is 0 Å². The fourth-order valence-electron chi connectivity index (χ4n) is 2.42. The highest BCUT2D eigenvalue weighted by atomic mass is 35.5. The van der Waals surface area contributed by atoms with E-state index in [0.717, 1.165) is 0 Å². The molecule has 0 aliphatic carbocycles. The van der Waals surface area contributed by atoms with Gasteiger partial charge in [-0.3, -0.25) is 0 Å². The zero-order valence-electron chi connectivity index (χ0n) is 15.4. The van der Waals surface area contributed by atoms with Crippen molar-refractivity contribution in [2.45, 2.75) is 18.4 Å². The summed E-state index contributed by atoms with van der Waals surface area (Å²) < 4.78 is 111. The van der Waals surface area contributed by atoms with Gasteiger partial charge in [-0.25, -0.2) is 13.6 Å². The predicted octanol–water partition coefficient (Wildman–Crippen LogP) is 4.23. The molecule has 0 spiro atoms. The summed E-state index contributed by atoms with van der Waals surface area (Å²) in [5.74, 6) is -3.58. The third-order valence-electron chi connectivity index (χ3n) is 3.80. The Morgan fingerprint density at radius 3 is 2.06 bits per heavy atom. The second-order valence-electron chi connectivity index (χ2n) is 6.04. The van der Waals surface area contributed by atoms with Crippen molar-refractivity contribution in [3.8, 4) is 18.1 Å². The molecular formula is C18H8ClF8NO5. The molecular weight excluding hydrogens is 498 g/mol. The van der Waals surface area contributed by atoms with Gasteiger partial charge in [-0.1, -0.05) is 17.5 Å². The Morgan fingerprint density at radius 2 is 1.61 bits per heavy atom. The lowest BCUT2D eigenvalue weighted by Gasteiger charge is -2.30. The molecule has 0 saturated heterocycles. The number of benzene rings is 2. The van der Waals surface area contributed by atoms with Crippen LogP contribution in [-0.2, 0) is 12.4 Å². The number of alkyl halides is 6. The van der Waals surface area contributed by atoms with Crippen molar-refractivity contribution >= 4 is 23.4 Å². The van der Waals surface area contributed by atoms with Crippen molar-refractivity contribution in [1.82, 2.24) is 0 Å². The smallest absolute Gasteiger partial charge is 0.408 e. The lowest BCUT2D eigenvalue weighted by molar-refractivity contribution is -0.305. The minimum Gasteiger partial charge on any atom is -0.408 e. The van der Waals surface area contributed by atoms with Gasteiger partial charge in [0.2, 0.25) is 0 Å². The summed E-state index contributed by atoms with van der Waals surface area (Å²) in [7, 11) is 0. The van der Waals surface area contributed by atoms with Gasteiger partial charge in [-0.2, -0.15) is 31.2 Å². The van der Waals surface area contributed by atoms with Gasteiger partial charge in [0.1, 0.15) is 16.4 Å². The van der Waals surface area contributed by atoms with Gasteiger partial charge in [0.05, 0.1) is 16.8 Å². The number of nitrogens with zero attached hydrogens (tertiary/aromatic N) is 1. The zero-order chi connectivity index (χ0) is 25.5. The van der Waals surface area contributed by atoms with E-state index in [-0.39, 0.29) is 6.07 Å². The van der Waals surface area contributed by atoms with E-state index in [1.807, 2.05) is 0 Å². The first-order valence-electron chi connectivity index (χ1n) is 8.01. The molecule has 0 atom stereocenters. The Labute approximate surface area is 183 Å². The number of carbonyl (C=O) groups is 1. The predicted molar refractivity (Wildman–Crippen MR) is 93.6 cm³/mol. The van der Waals surface area contributed by atoms with Crippen molar-refractivity contribution in [1.29, 1.82) is 0 Å². The molecule has 15 heteroatoms. The van der Waals surface area contributed by atoms with Crippen LogP contribution in [0.25, 0.3) is 0 Å². The number of ether oxygens (including phenoxy) is 1. The summed E-state index contributed by atoms with van der Waals surface area (Å²) in [4.78, 5) is 11.6. The minimum absolute atomic E-state index is 0.0155. The van der Waals surface area contributed by atoms with Crippen LogP contribution in [0, 0.1) is 24.0 Å². The highest BCUT2D eigenvalue weighted by Gasteiger charge is 2.44. The fraction of sp³-hybridized carbons (Fsp3) is 0.167. The fourth-order valence-corrected chi connectivity index (χ4v) is 2.58. The Bertz CT molecular complexity index is 1140. The van der Waals surface area contributed by atoms with Crippen LogP contribution in [0.4, 0.5) is 45.6 Å². The molecule has 2 rings (SSSR count). The zero-order valence-corrected chi connectivity index (χ0v) is 16.1. The summed E-state index contributed by atoms with van der Waals surface area (Å²) in [5, 5.41) is 26.8. The molecule has 1 amide bonds. The Hall–Kier alpha value is -3.12. The standard InChI is InChI=1S/C18H8ClF8NO5/c1-2-7-5-8(16(22,23)24)6-9(17(25,26)27)14(7)33-15(29)28(18(30,31)32)11-4-3-10(20)12(19)13(11)21/h1,3-6,30-32H. The van der Waals surface area contributed by atoms with Gasteiger partial charge < -0.3 is 20.1 Å². The van der Waals surface area contributed by atoms with Crippen LogP contribution in [0.15, 0.2) is 24.3 Å². The third-order valence-corrected chi connectivity index (χ3v) is 4.15. The van der Waals surface area contributed by atoms with E-state index < -0.39 is 80.3 Å². The molecule has 6 nitrogen and oxygen atoms in total. The molecule has 0 aliphatic rings. The molecule has 178 valence electrons. The van der Waals surface area contributed by atoms with Crippen LogP contribution in [-0.4, -0.2) is 27.5 Å². The van der Waals surface area contributed by atoms with Gasteiger partial charge in [-0.05, 0) is 24.3 Å². The van der Waals surface area contributed by atoms with Crippen molar-refractivity contribution in [2.24, 2.45) is 0 Å². The topological polar surface area (TPSA) is 90.2 Å². The highest BCUT2D eigenvalue weighted by molar-refractivity contribution is 6.31. The third kappa shape index (κ3) is 5.45. The van der Waals surface area contributed by atoms with Crippen molar-refractivity contribution in [2.75, 3.05) is 4.90 Å². The van der Waals surface area contributed by atoms with Crippen molar-refractivity contribution in [3.63, 3.8) is 0 Å². The van der Waals surface area contributed by atoms with Gasteiger partial charge in [0, 0.05) is 0 Å². The molecule has 2 aromatic rings. The molecule has 0 aromatic heterocycles. The first-order valence-corrected chi connectivity index (χ1v) is 8.39. The Morgan fingerprint density at radius 1 is 1.03 bits per heavy atom. The number of terminal acetylenes is 1. The van der Waals surface area contributed by atoms with E-state index in [1.54, 1.807) is 0 Å². The molecule has 0 unspecified atom stereocenters. The number of amides is 1. The molecule has 0 bridgehead atoms. The largest absolute Gasteiger partial charge is 0.426 e. The summed E-state index contributed by atoms with van der Waals surface area (Å²) in [6, 6.07) is 0.252. The van der Waals surface area contributed by atoms with E-state index >= 15 is 0 Å². The van der Waals surface area contributed by atoms with Crippen LogP contribution in [0.1, 0.15) is 16.7 Å². The molecule has 0 saturated carbocycles. The minimum atomic E-state index is -5.59. The molecule has 0 aliphatic heterocycles. The van der Waals surface area contributed by atoms with E-state index in [2.05, 4.69) is 4.74 Å². The first kappa shape index (κ1) is 26.1. The van der Waals surface area contributed by atoms with E-state index in [4.69, 9.17) is 18.0 Å². The maximum Gasteiger partial charge on any atom is 0.426 e. The summed E-state index contributed by atoms with van der Waals surface area (Å²) in [5.41, 5.74) is -6.74. The van der Waals surface area contributed by atoms with Crippen LogP contribution < -0.4 is 9.64 Å². The second kappa shape index (κ2) is 8.67. The van der Waals surface area contributed by atoms with Gasteiger partial charge in [-0.15, -0.1) is 6.42 Å². The number of anilines is 1. The van der Waals surface area contributed by atoms with Crippen molar-refractivity contribution in [3.05, 3.63) is 57.6 Å². The van der Waals surface area contributed by atoms with Crippen LogP contribution in [0.5, 0.6) is 5.75 Å².